The van der Waals surface area contributed by atoms with E-state index in [9.17, 15) is 40.8 Å². The number of imide groups is 1. The first-order valence-corrected chi connectivity index (χ1v) is 20.1. The van der Waals surface area contributed by atoms with E-state index in [2.05, 4.69) is 25.2 Å². The normalized spacial score (nSPS) is 20.2. The van der Waals surface area contributed by atoms with Crippen molar-refractivity contribution in [3.8, 4) is 0 Å². The van der Waals surface area contributed by atoms with Crippen LogP contribution >= 0.6 is 23.2 Å². The maximum Gasteiger partial charge on any atom is 0.416 e. The molecule has 14 nitrogen and oxygen atoms in total. The lowest BCUT2D eigenvalue weighted by atomic mass is 9.97. The zero-order chi connectivity index (χ0) is 39.9. The third-order valence-corrected chi connectivity index (χ3v) is 12.6. The van der Waals surface area contributed by atoms with Crippen LogP contribution in [-0.4, -0.2) is 103 Å². The summed E-state index contributed by atoms with van der Waals surface area (Å²) in [6.07, 6.45) is -2.93. The fraction of sp³-hybridized carbons (Fsp3) is 0.417. The van der Waals surface area contributed by atoms with Crippen LogP contribution in [-0.2, 0) is 32.5 Å². The van der Waals surface area contributed by atoms with E-state index in [1.54, 1.807) is 6.07 Å². The van der Waals surface area contributed by atoms with Gasteiger partial charge >= 0.3 is 16.4 Å². The summed E-state index contributed by atoms with van der Waals surface area (Å²) in [6.45, 7) is 4.43. The van der Waals surface area contributed by atoms with E-state index in [1.165, 1.54) is 27.4 Å². The number of piperidine rings is 2. The Hall–Kier alpha value is -4.49. The molecule has 0 bridgehead atoms. The number of carbonyl (C=O) groups excluding carboxylic acids is 4. The molecule has 0 aliphatic carbocycles. The molecule has 7 rings (SSSR count). The molecule has 3 aromatic rings. The lowest BCUT2D eigenvalue weighted by molar-refractivity contribution is -0.138. The third-order valence-electron chi connectivity index (χ3n) is 10.5. The number of hydrogen-bond acceptors (Lipinski definition) is 9. The average molecular weight is 838 g/mol. The second-order valence-electron chi connectivity index (χ2n) is 14.1. The number of pyridine rings is 1. The first-order valence-electron chi connectivity index (χ1n) is 17.9. The molecule has 2 aromatic carbocycles. The van der Waals surface area contributed by atoms with Gasteiger partial charge in [0.15, 0.2) is 0 Å². The third kappa shape index (κ3) is 8.58. The van der Waals surface area contributed by atoms with Crippen LogP contribution in [0.1, 0.15) is 57.7 Å². The van der Waals surface area contributed by atoms with Gasteiger partial charge in [0.25, 0.3) is 11.8 Å². The van der Waals surface area contributed by atoms with Crippen LogP contribution in [0.5, 0.6) is 0 Å². The summed E-state index contributed by atoms with van der Waals surface area (Å²) >= 11 is 12.1. The molecule has 5 heterocycles. The summed E-state index contributed by atoms with van der Waals surface area (Å²) in [5.41, 5.74) is -0.235. The summed E-state index contributed by atoms with van der Waals surface area (Å²) in [4.78, 5) is 61.0. The topological polar surface area (TPSA) is 164 Å². The summed E-state index contributed by atoms with van der Waals surface area (Å²) in [5, 5.41) is 4.53. The molecular formula is C36H37Cl2F3N8O6S. The number of alkyl halides is 3. The first kappa shape index (κ1) is 39.7. The van der Waals surface area contributed by atoms with Crippen molar-refractivity contribution in [3.63, 3.8) is 0 Å². The van der Waals surface area contributed by atoms with E-state index in [0.29, 0.717) is 43.3 Å². The van der Waals surface area contributed by atoms with Crippen LogP contribution in [0.2, 0.25) is 10.0 Å². The molecule has 0 spiro atoms. The van der Waals surface area contributed by atoms with E-state index < -0.39 is 39.8 Å². The average Bonchev–Trinajstić information content (AvgIpc) is 3.48. The highest BCUT2D eigenvalue weighted by Gasteiger charge is 2.40. The lowest BCUT2D eigenvalue weighted by Gasteiger charge is -2.39. The molecule has 4 amide bonds. The Balaban J connectivity index is 0.899. The Morgan fingerprint density at radius 3 is 2.30 bits per heavy atom. The molecule has 3 N–H and O–H groups in total. The minimum absolute atomic E-state index is 0.0639. The standard InChI is InChI=1S/C36H37Cl2F3N8O6S/c37-23-2-5-27(25(18-23)33(51)43-28-4-1-22(17-26(28)38)36(39,40)41)45-56(54,55)48-11-9-21(10-12-48)19-46-13-15-47(16-14-46)31-7-3-24-29(42-31)20-49(35(24)53)30-6-8-32(50)44-34(30)52/h1-5,7,17-18,21,30,45H,6,8-16,19-20H2,(H,43,51)(H,44,50,52). The van der Waals surface area contributed by atoms with Crippen molar-refractivity contribution in [2.45, 2.75) is 44.4 Å². The predicted octanol–water partition coefficient (Wildman–Crippen LogP) is 4.61. The van der Waals surface area contributed by atoms with Gasteiger partial charge in [-0.15, -0.1) is 0 Å². The molecule has 298 valence electrons. The predicted molar refractivity (Wildman–Crippen MR) is 202 cm³/mol. The Labute approximate surface area is 330 Å². The van der Waals surface area contributed by atoms with Gasteiger partial charge in [-0.1, -0.05) is 23.2 Å². The van der Waals surface area contributed by atoms with Gasteiger partial charge in [-0.2, -0.15) is 25.9 Å². The monoisotopic (exact) mass is 836 g/mol. The zero-order valence-corrected chi connectivity index (χ0v) is 32.1. The van der Waals surface area contributed by atoms with Crippen LogP contribution < -0.4 is 20.3 Å². The van der Waals surface area contributed by atoms with Gasteiger partial charge in [0, 0.05) is 57.3 Å². The van der Waals surface area contributed by atoms with Gasteiger partial charge in [-0.25, -0.2) is 4.98 Å². The molecule has 3 fully saturated rings. The zero-order valence-electron chi connectivity index (χ0n) is 29.7. The molecule has 1 aromatic heterocycles. The van der Waals surface area contributed by atoms with Crippen LogP contribution in [0.15, 0.2) is 48.5 Å². The Bertz CT molecular complexity index is 2180. The van der Waals surface area contributed by atoms with Gasteiger partial charge in [0.05, 0.1) is 45.3 Å². The summed E-state index contributed by atoms with van der Waals surface area (Å²) in [6, 6.07) is 9.32. The van der Waals surface area contributed by atoms with Gasteiger partial charge in [-0.3, -0.25) is 34.1 Å². The molecule has 1 atom stereocenters. The van der Waals surface area contributed by atoms with Gasteiger partial charge in [-0.05, 0) is 73.7 Å². The number of aromatic nitrogens is 1. The van der Waals surface area contributed by atoms with Crippen LogP contribution in [0.4, 0.5) is 30.4 Å². The van der Waals surface area contributed by atoms with Crippen molar-refractivity contribution in [1.29, 1.82) is 0 Å². The Kier molecular flexibility index (Phi) is 11.2. The second-order valence-corrected chi connectivity index (χ2v) is 16.7. The lowest BCUT2D eigenvalue weighted by Crippen LogP contribution is -2.52. The number of rotatable bonds is 9. The van der Waals surface area contributed by atoms with Crippen LogP contribution in [0.3, 0.4) is 0 Å². The second kappa shape index (κ2) is 15.8. The van der Waals surface area contributed by atoms with Crippen molar-refractivity contribution in [2.75, 3.05) is 60.8 Å². The molecule has 3 saturated heterocycles. The number of anilines is 3. The van der Waals surface area contributed by atoms with Crippen LogP contribution in [0.25, 0.3) is 0 Å². The smallest absolute Gasteiger partial charge is 0.354 e. The highest BCUT2D eigenvalue weighted by atomic mass is 35.5. The molecule has 0 radical (unpaired) electrons. The number of fused-ring (bicyclic) bond motifs is 1. The molecule has 20 heteroatoms. The van der Waals surface area contributed by atoms with E-state index in [-0.39, 0.29) is 77.2 Å². The van der Waals surface area contributed by atoms with E-state index in [0.717, 1.165) is 37.6 Å². The Morgan fingerprint density at radius 2 is 1.62 bits per heavy atom. The summed E-state index contributed by atoms with van der Waals surface area (Å²) in [5.74, 6) is -0.906. The number of benzene rings is 2. The van der Waals surface area contributed by atoms with Gasteiger partial charge in [0.2, 0.25) is 11.8 Å². The molecule has 4 aliphatic heterocycles. The highest BCUT2D eigenvalue weighted by Crippen LogP contribution is 2.35. The quantitative estimate of drug-likeness (QED) is 0.261. The number of hydrogen-bond donors (Lipinski definition) is 3. The van der Waals surface area contributed by atoms with Crippen molar-refractivity contribution in [3.05, 3.63) is 81.0 Å². The maximum absolute atomic E-state index is 13.5. The van der Waals surface area contributed by atoms with E-state index in [4.69, 9.17) is 28.2 Å². The fourth-order valence-corrected chi connectivity index (χ4v) is 9.11. The maximum atomic E-state index is 13.5. The summed E-state index contributed by atoms with van der Waals surface area (Å²) < 4.78 is 70.0. The molecule has 56 heavy (non-hydrogen) atoms. The molecule has 1 unspecified atom stereocenters. The SMILES string of the molecule is O=C1CCC(N2Cc3nc(N4CCN(CC5CCN(S(=O)(=O)Nc6ccc(Cl)cc6C(=O)Nc6ccc(C(F)(F)F)cc6Cl)CC5)CC4)ccc3C2=O)C(=O)N1. The minimum Gasteiger partial charge on any atom is -0.354 e. The highest BCUT2D eigenvalue weighted by molar-refractivity contribution is 7.90. The van der Waals surface area contributed by atoms with Gasteiger partial charge < -0.3 is 15.1 Å². The van der Waals surface area contributed by atoms with Gasteiger partial charge in [0.1, 0.15) is 11.9 Å². The van der Waals surface area contributed by atoms with Crippen molar-refractivity contribution in [2.24, 2.45) is 5.92 Å². The summed E-state index contributed by atoms with van der Waals surface area (Å²) in [7, 11) is -4.10. The van der Waals surface area contributed by atoms with Crippen LogP contribution in [0, 0.1) is 5.92 Å². The first-order chi connectivity index (χ1) is 26.6. The van der Waals surface area contributed by atoms with E-state index >= 15 is 0 Å². The Morgan fingerprint density at radius 1 is 0.911 bits per heavy atom. The van der Waals surface area contributed by atoms with Crippen molar-refractivity contribution >= 4 is 74.2 Å². The number of piperazine rings is 1. The number of nitrogens with one attached hydrogen (secondary N) is 3. The largest absolute Gasteiger partial charge is 0.416 e. The molecular weight excluding hydrogens is 800 g/mol. The minimum atomic E-state index is -4.63. The fourth-order valence-electron chi connectivity index (χ4n) is 7.44. The van der Waals surface area contributed by atoms with Crippen molar-refractivity contribution in [1.82, 2.24) is 24.4 Å². The molecule has 4 aliphatic rings. The number of nitrogens with zero attached hydrogens (tertiary/aromatic N) is 5. The molecule has 0 saturated carbocycles. The van der Waals surface area contributed by atoms with Crippen molar-refractivity contribution < 1.29 is 40.8 Å². The number of carbonyl (C=O) groups is 4. The van der Waals surface area contributed by atoms with E-state index in [1.807, 2.05) is 6.07 Å². The number of amides is 4. The number of halogens is 5.